The number of nitrogens with zero attached hydrogens (tertiary/aromatic N) is 3. The number of alkyl carbamates (subject to hydrolysis) is 1. The predicted octanol–water partition coefficient (Wildman–Crippen LogP) is 7.04. The van der Waals surface area contributed by atoms with E-state index in [0.717, 1.165) is 57.4 Å². The normalized spacial score (nSPS) is 15.3. The lowest BCUT2D eigenvalue weighted by molar-refractivity contribution is -0.160. The molecule has 0 spiro atoms. The molecule has 0 saturated heterocycles. The molecule has 2 aromatic rings. The molecular weight excluding hydrogens is 1120 g/mol. The van der Waals surface area contributed by atoms with Crippen LogP contribution < -0.4 is 21.1 Å². The first-order valence-electron chi connectivity index (χ1n) is 28.4. The largest absolute Gasteiger partial charge is 0.506 e. The molecule has 2 aromatic carbocycles. The van der Waals surface area contributed by atoms with Gasteiger partial charge in [0, 0.05) is 81.4 Å². The van der Waals surface area contributed by atoms with Gasteiger partial charge >= 0.3 is 30.0 Å². The van der Waals surface area contributed by atoms with Gasteiger partial charge in [-0.3, -0.25) is 67.4 Å². The molecular formula is C62H84N6O18. The predicted molar refractivity (Wildman–Crippen MR) is 315 cm³/mol. The summed E-state index contributed by atoms with van der Waals surface area (Å²) >= 11 is 0. The molecule has 0 saturated carbocycles. The Morgan fingerprint density at radius 2 is 0.977 bits per heavy atom. The average molecular weight is 1200 g/mol. The number of carboxylic acid groups (broad SMARTS) is 1. The van der Waals surface area contributed by atoms with E-state index in [9.17, 15) is 62.6 Å². The standard InChI is InChI=1S/C37H48N4O11.C17H27NO3.C8H9NO4/c1-23(34(48)51-36(2,3)4)20-25(38-35(49)52-37(5,6)7)21-24-12-13-27(50-33(47)11-9-19-41-31(45)16-17-32(41)46)26(22-24)39-28(42)10-8-18-40-29(43)14-15-30(40)44;1-11(8-12(2)16(20)21-17(3,4)5)9-13-6-7-15(19)14(18)10-13;10-6-3-4-7(11)9(6)5-1-2-8(12)13/h12-17,22-23,25H,8-11,18-21H2,1-7H3,(H,38,49)(H,39,42);6-7,10-12,19H,8-9,18H2,1-5H3;3-4H,1-2,5H2,(H,12,13)/t23?,25-;11-,12?;/m11./s1. The van der Waals surface area contributed by atoms with E-state index in [-0.39, 0.29) is 105 Å². The van der Waals surface area contributed by atoms with Crippen LogP contribution in [0.4, 0.5) is 16.2 Å². The fourth-order valence-electron chi connectivity index (χ4n) is 8.60. The number of carbonyl (C=O) groups is 12. The Morgan fingerprint density at radius 1 is 0.558 bits per heavy atom. The summed E-state index contributed by atoms with van der Waals surface area (Å²) in [6.07, 6.45) is 8.63. The van der Waals surface area contributed by atoms with Crippen molar-refractivity contribution in [3.63, 3.8) is 0 Å². The number of anilines is 2. The third-order valence-corrected chi connectivity index (χ3v) is 12.5. The molecule has 5 rings (SSSR count). The number of hydrogen-bond donors (Lipinski definition) is 5. The van der Waals surface area contributed by atoms with Gasteiger partial charge in [0.1, 0.15) is 22.6 Å². The van der Waals surface area contributed by atoms with Crippen LogP contribution in [0.5, 0.6) is 11.5 Å². The number of phenols is 1. The van der Waals surface area contributed by atoms with Gasteiger partial charge in [-0.25, -0.2) is 4.79 Å². The van der Waals surface area contributed by atoms with E-state index >= 15 is 0 Å². The van der Waals surface area contributed by atoms with Gasteiger partial charge in [0.15, 0.2) is 5.75 Å². The Hall–Kier alpha value is -8.70. The molecule has 6 N–H and O–H groups in total. The van der Waals surface area contributed by atoms with Gasteiger partial charge in [0.05, 0.1) is 23.2 Å². The quantitative estimate of drug-likeness (QED) is 0.0166. The summed E-state index contributed by atoms with van der Waals surface area (Å²) in [6, 6.07) is 9.33. The van der Waals surface area contributed by atoms with Crippen molar-refractivity contribution in [2.45, 2.75) is 170 Å². The van der Waals surface area contributed by atoms with Gasteiger partial charge < -0.3 is 45.5 Å². The van der Waals surface area contributed by atoms with Crippen molar-refractivity contribution in [2.75, 3.05) is 30.7 Å². The second kappa shape index (κ2) is 32.5. The van der Waals surface area contributed by atoms with Gasteiger partial charge in [-0.05, 0) is 149 Å². The van der Waals surface area contributed by atoms with Gasteiger partial charge in [-0.1, -0.05) is 32.9 Å². The first-order chi connectivity index (χ1) is 39.9. The van der Waals surface area contributed by atoms with Crippen LogP contribution in [0.15, 0.2) is 72.9 Å². The number of ether oxygens (including phenoxy) is 4. The van der Waals surface area contributed by atoms with Crippen molar-refractivity contribution < 1.29 is 86.7 Å². The Kier molecular flexibility index (Phi) is 27.1. The van der Waals surface area contributed by atoms with E-state index in [4.69, 9.17) is 29.8 Å². The number of phenolic OH excluding ortho intramolecular Hbond substituents is 1. The van der Waals surface area contributed by atoms with E-state index < -0.39 is 82.3 Å². The zero-order valence-electron chi connectivity index (χ0n) is 51.3. The molecule has 0 aromatic heterocycles. The average Bonchev–Trinajstić information content (AvgIpc) is 2.94. The highest BCUT2D eigenvalue weighted by atomic mass is 16.6. The topological polar surface area (TPSA) is 342 Å². The molecule has 3 aliphatic heterocycles. The van der Waals surface area contributed by atoms with Crippen molar-refractivity contribution in [3.05, 3.63) is 84.0 Å². The van der Waals surface area contributed by atoms with Gasteiger partial charge in [-0.15, -0.1) is 0 Å². The maximum absolute atomic E-state index is 13.1. The lowest BCUT2D eigenvalue weighted by atomic mass is 9.91. The number of rotatable bonds is 25. The van der Waals surface area contributed by atoms with Crippen molar-refractivity contribution in [1.29, 1.82) is 0 Å². The molecule has 3 heterocycles. The minimum atomic E-state index is -0.924. The number of nitrogen functional groups attached to an aromatic ring is 1. The van der Waals surface area contributed by atoms with E-state index in [2.05, 4.69) is 17.6 Å². The molecule has 24 heteroatoms. The Bertz CT molecular complexity index is 2870. The molecule has 86 heavy (non-hydrogen) atoms. The summed E-state index contributed by atoms with van der Waals surface area (Å²) in [5, 5.41) is 23.3. The zero-order chi connectivity index (χ0) is 64.9. The fraction of sp³-hybridized carbons (Fsp3) is 0.516. The SMILES string of the molecule is CC(C[C@@H](C)Cc1ccc(O)c(N)c1)C(=O)OC(C)(C)C.CC(C[C@H](Cc1ccc(OC(=O)CCCN2C(=O)C=CC2=O)c(NC(=O)CCCN2C(=O)C=CC2=O)c1)NC(=O)OC(C)(C)C)C(=O)OC(C)(C)C.O=C(O)CCCN1C(=O)C=CC1=O. The molecule has 2 unspecified atom stereocenters. The van der Waals surface area contributed by atoms with Gasteiger partial charge in [0.25, 0.3) is 35.4 Å². The monoisotopic (exact) mass is 1200 g/mol. The Morgan fingerprint density at radius 3 is 1.42 bits per heavy atom. The highest BCUT2D eigenvalue weighted by Gasteiger charge is 2.30. The van der Waals surface area contributed by atoms with E-state index in [1.807, 2.05) is 33.8 Å². The summed E-state index contributed by atoms with van der Waals surface area (Å²) < 4.78 is 22.0. The smallest absolute Gasteiger partial charge is 0.407 e. The zero-order valence-corrected chi connectivity index (χ0v) is 51.3. The molecule has 0 bridgehead atoms. The van der Waals surface area contributed by atoms with Crippen LogP contribution in [0.2, 0.25) is 0 Å². The number of aromatic hydroxyl groups is 1. The number of benzene rings is 2. The molecule has 0 aliphatic carbocycles. The minimum Gasteiger partial charge on any atom is -0.506 e. The lowest BCUT2D eigenvalue weighted by Crippen LogP contribution is -2.42. The summed E-state index contributed by atoms with van der Waals surface area (Å²) in [5.41, 5.74) is 5.94. The number of carbonyl (C=O) groups excluding carboxylic acids is 11. The summed E-state index contributed by atoms with van der Waals surface area (Å²) in [7, 11) is 0. The number of esters is 3. The molecule has 470 valence electrons. The number of aliphatic carboxylic acids is 1. The minimum absolute atomic E-state index is 0.0185. The number of nitrogens with one attached hydrogen (secondary N) is 2. The second-order valence-corrected chi connectivity index (χ2v) is 24.1. The third-order valence-electron chi connectivity index (χ3n) is 12.5. The third kappa shape index (κ3) is 26.5. The summed E-state index contributed by atoms with van der Waals surface area (Å²) in [4.78, 5) is 146. The maximum atomic E-state index is 13.1. The van der Waals surface area contributed by atoms with Crippen molar-refractivity contribution in [3.8, 4) is 11.5 Å². The van der Waals surface area contributed by atoms with Crippen molar-refractivity contribution in [1.82, 2.24) is 20.0 Å². The van der Waals surface area contributed by atoms with Crippen LogP contribution in [0.3, 0.4) is 0 Å². The van der Waals surface area contributed by atoms with E-state index in [1.54, 1.807) is 72.7 Å². The number of nitrogens with two attached hydrogens (primary N) is 1. The number of amides is 8. The maximum Gasteiger partial charge on any atom is 0.407 e. The molecule has 24 nitrogen and oxygen atoms in total. The number of imide groups is 3. The van der Waals surface area contributed by atoms with Crippen LogP contribution in [0, 0.1) is 17.8 Å². The van der Waals surface area contributed by atoms with Gasteiger partial charge in [-0.2, -0.15) is 0 Å². The van der Waals surface area contributed by atoms with E-state index in [0.29, 0.717) is 23.6 Å². The highest BCUT2D eigenvalue weighted by molar-refractivity contribution is 6.14. The molecule has 4 atom stereocenters. The highest BCUT2D eigenvalue weighted by Crippen LogP contribution is 2.30. The van der Waals surface area contributed by atoms with Crippen LogP contribution in [-0.2, 0) is 79.8 Å². The fourth-order valence-corrected chi connectivity index (χ4v) is 8.60. The van der Waals surface area contributed by atoms with E-state index in [1.165, 1.54) is 18.2 Å². The molecule has 3 aliphatic rings. The lowest BCUT2D eigenvalue weighted by Gasteiger charge is -2.27. The number of hydrogen-bond acceptors (Lipinski definition) is 18. The first kappa shape index (κ1) is 71.6. The summed E-state index contributed by atoms with van der Waals surface area (Å²) in [5.74, 6) is -5.54. The Labute approximate surface area is 501 Å². The van der Waals surface area contributed by atoms with Crippen LogP contribution in [0.1, 0.15) is 146 Å². The molecule has 0 fully saturated rings. The molecule has 8 amide bonds. The second-order valence-electron chi connectivity index (χ2n) is 24.1. The number of carboxylic acids is 1. The van der Waals surface area contributed by atoms with Crippen LogP contribution >= 0.6 is 0 Å². The first-order valence-corrected chi connectivity index (χ1v) is 28.4. The Balaban J connectivity index is 0.000000460. The van der Waals surface area contributed by atoms with Crippen LogP contribution in [-0.4, -0.2) is 139 Å². The van der Waals surface area contributed by atoms with Crippen molar-refractivity contribution >= 4 is 82.7 Å². The molecule has 0 radical (unpaired) electrons. The van der Waals surface area contributed by atoms with Crippen molar-refractivity contribution in [2.24, 2.45) is 17.8 Å². The van der Waals surface area contributed by atoms with Crippen LogP contribution in [0.25, 0.3) is 0 Å². The summed E-state index contributed by atoms with van der Waals surface area (Å²) in [6.45, 7) is 22.0. The van der Waals surface area contributed by atoms with Gasteiger partial charge in [0.2, 0.25) is 5.91 Å².